The van der Waals surface area contributed by atoms with Gasteiger partial charge in [-0.15, -0.1) is 0 Å². The van der Waals surface area contributed by atoms with E-state index >= 15 is 0 Å². The van der Waals surface area contributed by atoms with Crippen molar-refractivity contribution in [2.24, 2.45) is 11.8 Å². The molecule has 0 aliphatic carbocycles. The Kier molecular flexibility index (Phi) is 4.75. The second kappa shape index (κ2) is 7.16. The maximum Gasteiger partial charge on any atom is 0.203 e. The summed E-state index contributed by atoms with van der Waals surface area (Å²) in [5.41, 5.74) is 1.04. The van der Waals surface area contributed by atoms with Crippen LogP contribution in [0, 0.1) is 11.8 Å². The van der Waals surface area contributed by atoms with Gasteiger partial charge in [0.1, 0.15) is 11.9 Å². The predicted molar refractivity (Wildman–Crippen MR) is 94.1 cm³/mol. The standard InChI is InChI=1S/C21H24O4/c1-14-15(2)20(23-17-11-7-4-8-12-17)24-18-13-22-21(25-19(14)18)16-9-5-3-6-10-16/h3-12,14-15,18-21H,13H2,1-2H3/t14-,15?,18?,19+,20-,21?/m1/s1. The van der Waals surface area contributed by atoms with E-state index in [-0.39, 0.29) is 30.7 Å². The van der Waals surface area contributed by atoms with Crippen LogP contribution in [0.25, 0.3) is 0 Å². The minimum atomic E-state index is -0.327. The molecule has 2 saturated heterocycles. The molecule has 2 fully saturated rings. The summed E-state index contributed by atoms with van der Waals surface area (Å²) in [6.07, 6.45) is -0.726. The van der Waals surface area contributed by atoms with Crippen LogP contribution in [-0.2, 0) is 14.2 Å². The minimum Gasteiger partial charge on any atom is -0.465 e. The van der Waals surface area contributed by atoms with E-state index < -0.39 is 0 Å². The molecule has 6 atom stereocenters. The van der Waals surface area contributed by atoms with Gasteiger partial charge in [0.25, 0.3) is 0 Å². The van der Waals surface area contributed by atoms with Gasteiger partial charge in [-0.2, -0.15) is 0 Å². The first-order valence-corrected chi connectivity index (χ1v) is 8.91. The van der Waals surface area contributed by atoms with Crippen LogP contribution in [0.3, 0.4) is 0 Å². The van der Waals surface area contributed by atoms with E-state index in [0.717, 1.165) is 11.3 Å². The van der Waals surface area contributed by atoms with E-state index in [1.54, 1.807) is 0 Å². The number of ether oxygens (including phenoxy) is 4. The second-order valence-corrected chi connectivity index (χ2v) is 6.87. The van der Waals surface area contributed by atoms with Crippen molar-refractivity contribution in [2.75, 3.05) is 6.61 Å². The summed E-state index contributed by atoms with van der Waals surface area (Å²) in [5, 5.41) is 0. The van der Waals surface area contributed by atoms with Gasteiger partial charge in [0.05, 0.1) is 12.7 Å². The number of hydrogen-bond acceptors (Lipinski definition) is 4. The van der Waals surface area contributed by atoms with Crippen LogP contribution in [0.4, 0.5) is 0 Å². The van der Waals surface area contributed by atoms with Crippen molar-refractivity contribution in [2.45, 2.75) is 38.6 Å². The smallest absolute Gasteiger partial charge is 0.203 e. The molecule has 0 radical (unpaired) electrons. The van der Waals surface area contributed by atoms with Gasteiger partial charge >= 0.3 is 0 Å². The van der Waals surface area contributed by atoms with E-state index in [2.05, 4.69) is 13.8 Å². The molecule has 0 N–H and O–H groups in total. The fourth-order valence-corrected chi connectivity index (χ4v) is 3.52. The molecule has 132 valence electrons. The Morgan fingerprint density at radius 1 is 0.840 bits per heavy atom. The Hall–Kier alpha value is -1.88. The number of hydrogen-bond donors (Lipinski definition) is 0. The van der Waals surface area contributed by atoms with Gasteiger partial charge in [-0.05, 0) is 18.1 Å². The highest BCUT2D eigenvalue weighted by atomic mass is 16.7. The van der Waals surface area contributed by atoms with Crippen LogP contribution in [0.2, 0.25) is 0 Å². The summed E-state index contributed by atoms with van der Waals surface area (Å²) in [6, 6.07) is 19.9. The Morgan fingerprint density at radius 2 is 1.52 bits per heavy atom. The summed E-state index contributed by atoms with van der Waals surface area (Å²) in [5.74, 6) is 1.35. The van der Waals surface area contributed by atoms with Crippen molar-refractivity contribution in [3.8, 4) is 5.75 Å². The fourth-order valence-electron chi connectivity index (χ4n) is 3.52. The molecule has 2 aliphatic heterocycles. The molecule has 2 heterocycles. The van der Waals surface area contributed by atoms with Crippen LogP contribution >= 0.6 is 0 Å². The third kappa shape index (κ3) is 3.43. The van der Waals surface area contributed by atoms with Crippen molar-refractivity contribution < 1.29 is 18.9 Å². The maximum atomic E-state index is 6.25. The van der Waals surface area contributed by atoms with Gasteiger partial charge in [-0.3, -0.25) is 0 Å². The highest BCUT2D eigenvalue weighted by Gasteiger charge is 2.47. The zero-order chi connectivity index (χ0) is 17.2. The minimum absolute atomic E-state index is 0.00424. The lowest BCUT2D eigenvalue weighted by atomic mass is 9.84. The van der Waals surface area contributed by atoms with Crippen molar-refractivity contribution >= 4 is 0 Å². The molecule has 0 bridgehead atoms. The third-order valence-electron chi connectivity index (χ3n) is 5.21. The zero-order valence-electron chi connectivity index (χ0n) is 14.6. The summed E-state index contributed by atoms with van der Waals surface area (Å²) in [4.78, 5) is 0. The number of rotatable bonds is 3. The number of fused-ring (bicyclic) bond motifs is 1. The quantitative estimate of drug-likeness (QED) is 0.840. The predicted octanol–water partition coefficient (Wildman–Crippen LogP) is 4.18. The Labute approximate surface area is 148 Å². The lowest BCUT2D eigenvalue weighted by Crippen LogP contribution is -2.56. The first-order valence-electron chi connectivity index (χ1n) is 8.91. The molecule has 0 amide bonds. The Balaban J connectivity index is 1.46. The van der Waals surface area contributed by atoms with Gasteiger partial charge in [0.2, 0.25) is 6.29 Å². The van der Waals surface area contributed by atoms with E-state index in [0.29, 0.717) is 12.5 Å². The summed E-state index contributed by atoms with van der Waals surface area (Å²) < 4.78 is 24.4. The normalized spacial score (nSPS) is 35.0. The van der Waals surface area contributed by atoms with E-state index in [1.165, 1.54) is 0 Å². The Morgan fingerprint density at radius 3 is 2.24 bits per heavy atom. The van der Waals surface area contributed by atoms with Crippen LogP contribution in [-0.4, -0.2) is 25.1 Å². The molecule has 2 aliphatic rings. The fraction of sp³-hybridized carbons (Fsp3) is 0.429. The monoisotopic (exact) mass is 340 g/mol. The van der Waals surface area contributed by atoms with Gasteiger partial charge < -0.3 is 18.9 Å². The maximum absolute atomic E-state index is 6.25. The molecular formula is C21H24O4. The van der Waals surface area contributed by atoms with E-state index in [9.17, 15) is 0 Å². The van der Waals surface area contributed by atoms with Crippen LogP contribution < -0.4 is 4.74 Å². The molecule has 2 aromatic carbocycles. The van der Waals surface area contributed by atoms with Gasteiger partial charge in [0, 0.05) is 11.5 Å². The lowest BCUT2D eigenvalue weighted by Gasteiger charge is -2.47. The van der Waals surface area contributed by atoms with Crippen molar-refractivity contribution in [1.82, 2.24) is 0 Å². The van der Waals surface area contributed by atoms with E-state index in [1.807, 2.05) is 60.7 Å². The number of benzene rings is 2. The molecule has 4 rings (SSSR count). The molecule has 4 nitrogen and oxygen atoms in total. The average molecular weight is 340 g/mol. The van der Waals surface area contributed by atoms with Crippen molar-refractivity contribution in [1.29, 1.82) is 0 Å². The van der Waals surface area contributed by atoms with Gasteiger partial charge in [-0.25, -0.2) is 0 Å². The van der Waals surface area contributed by atoms with Crippen LogP contribution in [0.5, 0.6) is 5.75 Å². The molecule has 2 aromatic rings. The molecule has 0 aromatic heterocycles. The van der Waals surface area contributed by atoms with Crippen LogP contribution in [0.15, 0.2) is 60.7 Å². The Bertz CT molecular complexity index is 673. The van der Waals surface area contributed by atoms with E-state index in [4.69, 9.17) is 18.9 Å². The SMILES string of the molecule is CC1[C@H](Oc2ccccc2)OC2COC(c3ccccc3)O[C@H]2[C@@H]1C. The highest BCUT2D eigenvalue weighted by Crippen LogP contribution is 2.39. The largest absolute Gasteiger partial charge is 0.465 e. The summed E-state index contributed by atoms with van der Waals surface area (Å²) in [7, 11) is 0. The molecule has 3 unspecified atom stereocenters. The van der Waals surface area contributed by atoms with Crippen LogP contribution in [0.1, 0.15) is 25.7 Å². The second-order valence-electron chi connectivity index (χ2n) is 6.87. The highest BCUT2D eigenvalue weighted by molar-refractivity contribution is 5.21. The third-order valence-corrected chi connectivity index (χ3v) is 5.21. The van der Waals surface area contributed by atoms with Crippen molar-refractivity contribution in [3.05, 3.63) is 66.2 Å². The zero-order valence-corrected chi connectivity index (χ0v) is 14.6. The number of para-hydroxylation sites is 1. The summed E-state index contributed by atoms with van der Waals surface area (Å²) >= 11 is 0. The van der Waals surface area contributed by atoms with Gasteiger partial charge in [-0.1, -0.05) is 62.4 Å². The summed E-state index contributed by atoms with van der Waals surface area (Å²) in [6.45, 7) is 4.88. The topological polar surface area (TPSA) is 36.9 Å². The first-order chi connectivity index (χ1) is 12.2. The molecular weight excluding hydrogens is 316 g/mol. The molecule has 0 saturated carbocycles. The first kappa shape index (κ1) is 16.6. The average Bonchev–Trinajstić information content (AvgIpc) is 2.67. The molecule has 0 spiro atoms. The lowest BCUT2D eigenvalue weighted by molar-refractivity contribution is -0.330. The molecule has 4 heteroatoms. The molecule has 25 heavy (non-hydrogen) atoms. The van der Waals surface area contributed by atoms with Crippen molar-refractivity contribution in [3.63, 3.8) is 0 Å². The van der Waals surface area contributed by atoms with Gasteiger partial charge in [0.15, 0.2) is 6.29 Å².